The molecular formula is C26H27N3O4. The molecular weight excluding hydrogens is 418 g/mol. The quantitative estimate of drug-likeness (QED) is 0.490. The molecule has 1 heterocycles. The Balaban J connectivity index is 1.52. The average molecular weight is 446 g/mol. The fraction of sp³-hybridized carbons (Fsp3) is 0.346. The molecule has 0 aromatic heterocycles. The molecule has 0 atom stereocenters. The second-order valence-corrected chi connectivity index (χ2v) is 8.15. The first-order valence-corrected chi connectivity index (χ1v) is 11.3. The number of carbonyl (C=O) groups is 2. The summed E-state index contributed by atoms with van der Waals surface area (Å²) >= 11 is 0. The number of benzene rings is 2. The van der Waals surface area contributed by atoms with Gasteiger partial charge in [-0.15, -0.1) is 0 Å². The molecule has 7 heteroatoms. The Morgan fingerprint density at radius 1 is 1.09 bits per heavy atom. The molecule has 2 aromatic rings. The van der Waals surface area contributed by atoms with Gasteiger partial charge >= 0.3 is 6.03 Å². The van der Waals surface area contributed by atoms with Crippen molar-refractivity contribution in [3.05, 3.63) is 64.9 Å². The number of hydrogen-bond donors (Lipinski definition) is 1. The highest BCUT2D eigenvalue weighted by Crippen LogP contribution is 2.31. The van der Waals surface area contributed by atoms with Gasteiger partial charge < -0.3 is 14.8 Å². The summed E-state index contributed by atoms with van der Waals surface area (Å²) in [4.78, 5) is 26.7. The zero-order valence-corrected chi connectivity index (χ0v) is 18.7. The number of nitrogens with zero attached hydrogens (tertiary/aromatic N) is 2. The number of rotatable bonds is 7. The van der Waals surface area contributed by atoms with Crippen LogP contribution in [0.25, 0.3) is 6.08 Å². The highest BCUT2D eigenvalue weighted by Gasteiger charge is 2.38. The maximum Gasteiger partial charge on any atom is 0.329 e. The van der Waals surface area contributed by atoms with E-state index < -0.39 is 0 Å². The lowest BCUT2D eigenvalue weighted by Crippen LogP contribution is -2.41. The standard InChI is InChI=1S/C26H27N3O4/c1-2-32-24-15-18(12-13-23(24)33-17-20-9-7-6-8-19(20)16-27)14-22-25(30)29(26(31)28-22)21-10-4-3-5-11-21/h6-9,12-15,21H,2-5,10-11,17H2,1H3,(H,28,31)/b22-14-. The third kappa shape index (κ3) is 5.01. The fourth-order valence-electron chi connectivity index (χ4n) is 4.30. The van der Waals surface area contributed by atoms with Crippen LogP contribution in [-0.2, 0) is 11.4 Å². The van der Waals surface area contributed by atoms with Crippen LogP contribution in [0.4, 0.5) is 4.79 Å². The van der Waals surface area contributed by atoms with Crippen LogP contribution < -0.4 is 14.8 Å². The van der Waals surface area contributed by atoms with E-state index in [4.69, 9.17) is 9.47 Å². The van der Waals surface area contributed by atoms with Crippen LogP contribution in [0.5, 0.6) is 11.5 Å². The van der Waals surface area contributed by atoms with Crippen LogP contribution >= 0.6 is 0 Å². The maximum absolute atomic E-state index is 12.9. The van der Waals surface area contributed by atoms with Crippen LogP contribution in [-0.4, -0.2) is 29.5 Å². The van der Waals surface area contributed by atoms with Crippen molar-refractivity contribution in [1.82, 2.24) is 10.2 Å². The number of urea groups is 1. The Kier molecular flexibility index (Phi) is 6.94. The Morgan fingerprint density at radius 3 is 2.64 bits per heavy atom. The molecule has 1 aliphatic heterocycles. The normalized spacial score (nSPS) is 17.7. The molecule has 7 nitrogen and oxygen atoms in total. The number of ether oxygens (including phenoxy) is 2. The van der Waals surface area contributed by atoms with Crippen molar-refractivity contribution >= 4 is 18.0 Å². The third-order valence-electron chi connectivity index (χ3n) is 5.95. The van der Waals surface area contributed by atoms with Crippen molar-refractivity contribution in [2.24, 2.45) is 0 Å². The van der Waals surface area contributed by atoms with E-state index in [2.05, 4.69) is 11.4 Å². The Labute approximate surface area is 193 Å². The largest absolute Gasteiger partial charge is 0.490 e. The van der Waals surface area contributed by atoms with Gasteiger partial charge in [0.1, 0.15) is 12.3 Å². The molecule has 0 unspecified atom stereocenters. The molecule has 1 saturated carbocycles. The number of nitriles is 1. The van der Waals surface area contributed by atoms with Crippen molar-refractivity contribution in [2.45, 2.75) is 51.7 Å². The summed E-state index contributed by atoms with van der Waals surface area (Å²) in [6.07, 6.45) is 6.63. The molecule has 3 amide bonds. The monoisotopic (exact) mass is 445 g/mol. The van der Waals surface area contributed by atoms with Gasteiger partial charge in [-0.25, -0.2) is 4.79 Å². The van der Waals surface area contributed by atoms with Crippen LogP contribution in [0.15, 0.2) is 48.2 Å². The lowest BCUT2D eigenvalue weighted by Gasteiger charge is -2.28. The highest BCUT2D eigenvalue weighted by atomic mass is 16.5. The van der Waals surface area contributed by atoms with Gasteiger partial charge in [0.2, 0.25) is 0 Å². The number of nitrogens with one attached hydrogen (secondary N) is 1. The average Bonchev–Trinajstić information content (AvgIpc) is 3.12. The molecule has 0 bridgehead atoms. The first-order chi connectivity index (χ1) is 16.1. The Bertz CT molecular complexity index is 1110. The molecule has 1 N–H and O–H groups in total. The zero-order chi connectivity index (χ0) is 23.2. The summed E-state index contributed by atoms with van der Waals surface area (Å²) < 4.78 is 11.7. The summed E-state index contributed by atoms with van der Waals surface area (Å²) in [5, 5.41) is 12.0. The molecule has 1 aliphatic carbocycles. The molecule has 0 radical (unpaired) electrons. The van der Waals surface area contributed by atoms with Gasteiger partial charge in [0, 0.05) is 11.6 Å². The van der Waals surface area contributed by atoms with E-state index in [0.29, 0.717) is 23.7 Å². The third-order valence-corrected chi connectivity index (χ3v) is 5.95. The summed E-state index contributed by atoms with van der Waals surface area (Å²) in [5.74, 6) is 0.790. The lowest BCUT2D eigenvalue weighted by molar-refractivity contribution is -0.124. The van der Waals surface area contributed by atoms with Crippen LogP contribution in [0.2, 0.25) is 0 Å². The van der Waals surface area contributed by atoms with E-state index in [1.807, 2.05) is 31.2 Å². The summed E-state index contributed by atoms with van der Waals surface area (Å²) in [6, 6.07) is 14.4. The van der Waals surface area contributed by atoms with Gasteiger partial charge in [-0.2, -0.15) is 5.26 Å². The van der Waals surface area contributed by atoms with E-state index in [-0.39, 0.29) is 30.3 Å². The first kappa shape index (κ1) is 22.4. The SMILES string of the molecule is CCOc1cc(/C=C2\NC(=O)N(C3CCCCC3)C2=O)ccc1OCc1ccccc1C#N. The molecule has 2 aromatic carbocycles. The highest BCUT2D eigenvalue weighted by molar-refractivity contribution is 6.14. The minimum atomic E-state index is -0.348. The summed E-state index contributed by atoms with van der Waals surface area (Å²) in [6.45, 7) is 2.55. The predicted octanol–water partition coefficient (Wildman–Crippen LogP) is 4.76. The number of carbonyl (C=O) groups excluding carboxylic acids is 2. The van der Waals surface area contributed by atoms with E-state index >= 15 is 0 Å². The lowest BCUT2D eigenvalue weighted by atomic mass is 9.94. The Hall–Kier alpha value is -3.79. The van der Waals surface area contributed by atoms with E-state index in [1.54, 1.807) is 24.3 Å². The topological polar surface area (TPSA) is 91.7 Å². The number of imide groups is 1. The van der Waals surface area contributed by atoms with Crippen molar-refractivity contribution < 1.29 is 19.1 Å². The van der Waals surface area contributed by atoms with Gasteiger partial charge in [0.25, 0.3) is 5.91 Å². The van der Waals surface area contributed by atoms with Crippen molar-refractivity contribution in [3.63, 3.8) is 0 Å². The molecule has 33 heavy (non-hydrogen) atoms. The fourth-order valence-corrected chi connectivity index (χ4v) is 4.30. The van der Waals surface area contributed by atoms with Crippen LogP contribution in [0.1, 0.15) is 55.7 Å². The summed E-state index contributed by atoms with van der Waals surface area (Å²) in [5.41, 5.74) is 2.34. The number of amides is 3. The minimum Gasteiger partial charge on any atom is -0.490 e. The molecule has 4 rings (SSSR count). The van der Waals surface area contributed by atoms with Crippen LogP contribution in [0, 0.1) is 11.3 Å². The first-order valence-electron chi connectivity index (χ1n) is 11.3. The van der Waals surface area contributed by atoms with E-state index in [1.165, 1.54) is 4.90 Å². The van der Waals surface area contributed by atoms with Gasteiger partial charge in [-0.3, -0.25) is 9.69 Å². The van der Waals surface area contributed by atoms with Crippen molar-refractivity contribution in [2.75, 3.05) is 6.61 Å². The van der Waals surface area contributed by atoms with Gasteiger partial charge in [-0.1, -0.05) is 43.5 Å². The molecule has 2 aliphatic rings. The molecule has 170 valence electrons. The molecule has 0 spiro atoms. The molecule has 2 fully saturated rings. The zero-order valence-electron chi connectivity index (χ0n) is 18.7. The second-order valence-electron chi connectivity index (χ2n) is 8.15. The van der Waals surface area contributed by atoms with Gasteiger partial charge in [-0.05, 0) is 49.6 Å². The summed E-state index contributed by atoms with van der Waals surface area (Å²) in [7, 11) is 0. The Morgan fingerprint density at radius 2 is 1.88 bits per heavy atom. The minimum absolute atomic E-state index is 0.0248. The number of hydrogen-bond acceptors (Lipinski definition) is 5. The van der Waals surface area contributed by atoms with Crippen molar-refractivity contribution in [3.8, 4) is 17.6 Å². The van der Waals surface area contributed by atoms with E-state index in [9.17, 15) is 14.9 Å². The molecule has 1 saturated heterocycles. The second kappa shape index (κ2) is 10.2. The smallest absolute Gasteiger partial charge is 0.329 e. The van der Waals surface area contributed by atoms with E-state index in [0.717, 1.165) is 43.2 Å². The van der Waals surface area contributed by atoms with Gasteiger partial charge in [0.05, 0.1) is 18.2 Å². The van der Waals surface area contributed by atoms with Gasteiger partial charge in [0.15, 0.2) is 11.5 Å². The van der Waals surface area contributed by atoms with Crippen LogP contribution in [0.3, 0.4) is 0 Å². The maximum atomic E-state index is 12.9. The van der Waals surface area contributed by atoms with Crippen molar-refractivity contribution in [1.29, 1.82) is 5.26 Å². The predicted molar refractivity (Wildman–Crippen MR) is 123 cm³/mol.